The fourth-order valence-electron chi connectivity index (χ4n) is 2.83. The van der Waals surface area contributed by atoms with E-state index < -0.39 is 21.5 Å². The number of aliphatic hydroxyl groups is 1. The molecule has 0 fully saturated rings. The molecule has 1 aromatic rings. The summed E-state index contributed by atoms with van der Waals surface area (Å²) in [6.07, 6.45) is 0.472. The molecule has 1 heterocycles. The Hall–Kier alpha value is -1.44. The van der Waals surface area contributed by atoms with Gasteiger partial charge in [-0.1, -0.05) is 26.8 Å². The van der Waals surface area contributed by atoms with Gasteiger partial charge >= 0.3 is 0 Å². The van der Waals surface area contributed by atoms with Crippen molar-refractivity contribution in [2.45, 2.75) is 58.1 Å². The van der Waals surface area contributed by atoms with Gasteiger partial charge in [0.25, 0.3) is 0 Å². The van der Waals surface area contributed by atoms with Gasteiger partial charge in [0, 0.05) is 25.0 Å². The molecule has 0 spiro atoms. The Bertz CT molecular complexity index is 736. The summed E-state index contributed by atoms with van der Waals surface area (Å²) in [6, 6.07) is 5.06. The van der Waals surface area contributed by atoms with Crippen LogP contribution in [0.3, 0.4) is 0 Å². The molecule has 0 aliphatic carbocycles. The number of amides is 1. The summed E-state index contributed by atoms with van der Waals surface area (Å²) in [5.74, 6) is 0.106. The van der Waals surface area contributed by atoms with E-state index in [9.17, 15) is 18.3 Å². The van der Waals surface area contributed by atoms with Crippen LogP contribution < -0.4 is 4.72 Å². The number of carbonyl (C=O) groups excluding carboxylic acids is 1. The van der Waals surface area contributed by atoms with E-state index in [2.05, 4.69) is 4.72 Å². The summed E-state index contributed by atoms with van der Waals surface area (Å²) >= 11 is 0. The Kier molecular flexibility index (Phi) is 5.91. The van der Waals surface area contributed by atoms with Crippen LogP contribution in [0.15, 0.2) is 23.1 Å². The first kappa shape index (κ1) is 19.9. The highest BCUT2D eigenvalue weighted by Gasteiger charge is 2.30. The van der Waals surface area contributed by atoms with E-state index in [0.29, 0.717) is 25.9 Å². The van der Waals surface area contributed by atoms with Crippen LogP contribution in [0.4, 0.5) is 0 Å². The fourth-order valence-corrected chi connectivity index (χ4v) is 3.93. The van der Waals surface area contributed by atoms with Gasteiger partial charge in [0.15, 0.2) is 0 Å². The molecule has 2 rings (SSSR count). The first-order chi connectivity index (χ1) is 11.5. The maximum atomic E-state index is 12.4. The maximum absolute atomic E-state index is 12.4. The van der Waals surface area contributed by atoms with Gasteiger partial charge in [0.05, 0.1) is 11.0 Å². The predicted octanol–water partition coefficient (Wildman–Crippen LogP) is 1.67. The minimum absolute atomic E-state index is 0.106. The Morgan fingerprint density at radius 1 is 1.32 bits per heavy atom. The van der Waals surface area contributed by atoms with Crippen molar-refractivity contribution in [3.05, 3.63) is 29.3 Å². The van der Waals surface area contributed by atoms with Crippen molar-refractivity contribution in [3.63, 3.8) is 0 Å². The second kappa shape index (κ2) is 7.43. The molecule has 1 amide bonds. The first-order valence-corrected chi connectivity index (χ1v) is 10.1. The molecule has 0 bridgehead atoms. The third-order valence-electron chi connectivity index (χ3n) is 4.28. The normalized spacial score (nSPS) is 16.4. The number of aliphatic hydroxyl groups excluding tert-OH is 1. The van der Waals surface area contributed by atoms with Gasteiger partial charge in [-0.2, -0.15) is 0 Å². The summed E-state index contributed by atoms with van der Waals surface area (Å²) in [6.45, 7) is 8.64. The molecule has 1 atom stereocenters. The standard InChI is InChI=1S/C18H28N2O4S/c1-13(21)7-9-19-25(23,24)16-6-5-15-12-20(10-8-14(15)11-16)17(22)18(2,3)4/h5-6,11,13,19,21H,7-10,12H2,1-4H3/t13-/m1/s1. The minimum Gasteiger partial charge on any atom is -0.393 e. The highest BCUT2D eigenvalue weighted by Crippen LogP contribution is 2.26. The van der Waals surface area contributed by atoms with E-state index in [1.54, 1.807) is 25.1 Å². The van der Waals surface area contributed by atoms with Gasteiger partial charge in [-0.05, 0) is 43.0 Å². The van der Waals surface area contributed by atoms with Crippen molar-refractivity contribution in [3.8, 4) is 0 Å². The molecule has 1 aromatic carbocycles. The lowest BCUT2D eigenvalue weighted by Crippen LogP contribution is -2.42. The van der Waals surface area contributed by atoms with Crippen LogP contribution in [0, 0.1) is 5.41 Å². The number of fused-ring (bicyclic) bond motifs is 1. The van der Waals surface area contributed by atoms with Crippen molar-refractivity contribution < 1.29 is 18.3 Å². The van der Waals surface area contributed by atoms with Crippen LogP contribution in [0.2, 0.25) is 0 Å². The van der Waals surface area contributed by atoms with E-state index in [-0.39, 0.29) is 17.3 Å². The van der Waals surface area contributed by atoms with Crippen molar-refractivity contribution in [1.82, 2.24) is 9.62 Å². The van der Waals surface area contributed by atoms with Crippen LogP contribution in [0.5, 0.6) is 0 Å². The molecule has 140 valence electrons. The van der Waals surface area contributed by atoms with Crippen molar-refractivity contribution in [1.29, 1.82) is 0 Å². The van der Waals surface area contributed by atoms with E-state index in [1.807, 2.05) is 25.7 Å². The van der Waals surface area contributed by atoms with Gasteiger partial charge in [-0.25, -0.2) is 13.1 Å². The summed E-state index contributed by atoms with van der Waals surface area (Å²) in [7, 11) is -3.58. The number of carbonyl (C=O) groups is 1. The van der Waals surface area contributed by atoms with Gasteiger partial charge in [-0.3, -0.25) is 4.79 Å². The lowest BCUT2D eigenvalue weighted by Gasteiger charge is -2.33. The molecule has 0 aromatic heterocycles. The topological polar surface area (TPSA) is 86.7 Å². The lowest BCUT2D eigenvalue weighted by atomic mass is 9.92. The van der Waals surface area contributed by atoms with Crippen LogP contribution in [-0.2, 0) is 27.8 Å². The summed E-state index contributed by atoms with van der Waals surface area (Å²) in [5, 5.41) is 9.24. The highest BCUT2D eigenvalue weighted by atomic mass is 32.2. The number of nitrogens with one attached hydrogen (secondary N) is 1. The van der Waals surface area contributed by atoms with Crippen molar-refractivity contribution >= 4 is 15.9 Å². The third kappa shape index (κ3) is 5.03. The van der Waals surface area contributed by atoms with Gasteiger partial charge in [0.2, 0.25) is 15.9 Å². The molecular weight excluding hydrogens is 340 g/mol. The zero-order valence-corrected chi connectivity index (χ0v) is 16.2. The highest BCUT2D eigenvalue weighted by molar-refractivity contribution is 7.89. The molecule has 7 heteroatoms. The molecule has 0 saturated heterocycles. The smallest absolute Gasteiger partial charge is 0.240 e. The van der Waals surface area contributed by atoms with Gasteiger partial charge in [-0.15, -0.1) is 0 Å². The minimum atomic E-state index is -3.58. The molecule has 2 N–H and O–H groups in total. The number of sulfonamides is 1. The molecule has 6 nitrogen and oxygen atoms in total. The largest absolute Gasteiger partial charge is 0.393 e. The monoisotopic (exact) mass is 368 g/mol. The molecule has 0 saturated carbocycles. The average molecular weight is 368 g/mol. The molecule has 1 aliphatic rings. The Labute approximate surface area is 150 Å². The predicted molar refractivity (Wildman–Crippen MR) is 96.5 cm³/mol. The quantitative estimate of drug-likeness (QED) is 0.828. The zero-order chi connectivity index (χ0) is 18.8. The lowest BCUT2D eigenvalue weighted by molar-refractivity contribution is -0.140. The number of nitrogens with zero attached hydrogens (tertiary/aromatic N) is 1. The van der Waals surface area contributed by atoms with Crippen molar-refractivity contribution in [2.24, 2.45) is 5.41 Å². The van der Waals surface area contributed by atoms with Gasteiger partial charge < -0.3 is 10.0 Å². The van der Waals surface area contributed by atoms with Crippen LogP contribution >= 0.6 is 0 Å². The molecule has 1 aliphatic heterocycles. The Morgan fingerprint density at radius 2 is 2.00 bits per heavy atom. The zero-order valence-electron chi connectivity index (χ0n) is 15.4. The Balaban J connectivity index is 2.13. The molecule has 0 radical (unpaired) electrons. The third-order valence-corrected chi connectivity index (χ3v) is 5.74. The van der Waals surface area contributed by atoms with E-state index in [4.69, 9.17) is 0 Å². The second-order valence-corrected chi connectivity index (χ2v) is 9.46. The number of rotatable bonds is 5. The second-order valence-electron chi connectivity index (χ2n) is 7.69. The molecule has 25 heavy (non-hydrogen) atoms. The van der Waals surface area contributed by atoms with Crippen molar-refractivity contribution in [2.75, 3.05) is 13.1 Å². The number of hydrogen-bond acceptors (Lipinski definition) is 4. The summed E-state index contributed by atoms with van der Waals surface area (Å²) in [4.78, 5) is 14.5. The summed E-state index contributed by atoms with van der Waals surface area (Å²) in [5.41, 5.74) is 1.54. The number of benzene rings is 1. The fraction of sp³-hybridized carbons (Fsp3) is 0.611. The van der Waals surface area contributed by atoms with Crippen LogP contribution in [0.1, 0.15) is 45.2 Å². The Morgan fingerprint density at radius 3 is 2.60 bits per heavy atom. The van der Waals surface area contributed by atoms with Crippen LogP contribution in [-0.4, -0.2) is 43.5 Å². The summed E-state index contributed by atoms with van der Waals surface area (Å²) < 4.78 is 27.2. The number of hydrogen-bond donors (Lipinski definition) is 2. The maximum Gasteiger partial charge on any atom is 0.240 e. The SMILES string of the molecule is C[C@@H](O)CCNS(=O)(=O)c1ccc2c(c1)CCN(C(=O)C(C)(C)C)C2. The van der Waals surface area contributed by atoms with E-state index >= 15 is 0 Å². The molecule has 0 unspecified atom stereocenters. The molecular formula is C18H28N2O4S. The van der Waals surface area contributed by atoms with E-state index in [1.165, 1.54) is 0 Å². The van der Waals surface area contributed by atoms with E-state index in [0.717, 1.165) is 11.1 Å². The van der Waals surface area contributed by atoms with Crippen LogP contribution in [0.25, 0.3) is 0 Å². The first-order valence-electron chi connectivity index (χ1n) is 8.59. The average Bonchev–Trinajstić information content (AvgIpc) is 2.51. The van der Waals surface area contributed by atoms with Gasteiger partial charge in [0.1, 0.15) is 0 Å².